The van der Waals surface area contributed by atoms with Gasteiger partial charge in [0.2, 0.25) is 0 Å². The van der Waals surface area contributed by atoms with Crippen molar-refractivity contribution in [3.63, 3.8) is 0 Å². The summed E-state index contributed by atoms with van der Waals surface area (Å²) in [4.78, 5) is 14.8. The number of nitrogens with two attached hydrogens (primary N) is 1. The molecule has 6 rings (SSSR count). The maximum atomic E-state index is 12.1. The molecule has 2 N–H and O–H groups in total. The lowest BCUT2D eigenvalue weighted by atomic mass is 9.56. The van der Waals surface area contributed by atoms with Gasteiger partial charge < -0.3 is 10.5 Å². The zero-order valence-corrected chi connectivity index (χ0v) is 21.1. The molecule has 0 bridgehead atoms. The van der Waals surface area contributed by atoms with Gasteiger partial charge in [0.25, 0.3) is 0 Å². The molecule has 182 valence electrons. The lowest BCUT2D eigenvalue weighted by Gasteiger charge is -2.48. The Balaban J connectivity index is 1.29. The number of piperidine rings is 1. The van der Waals surface area contributed by atoms with Crippen LogP contribution in [0.5, 0.6) is 0 Å². The molecule has 0 radical (unpaired) electrons. The van der Waals surface area contributed by atoms with Gasteiger partial charge in [-0.1, -0.05) is 30.6 Å². The Kier molecular flexibility index (Phi) is 5.47. The highest BCUT2D eigenvalue weighted by Gasteiger charge is 2.58. The van der Waals surface area contributed by atoms with E-state index in [0.717, 1.165) is 56.5 Å². The van der Waals surface area contributed by atoms with E-state index in [1.54, 1.807) is 11.1 Å². The van der Waals surface area contributed by atoms with Crippen LogP contribution >= 0.6 is 0 Å². The third kappa shape index (κ3) is 3.30. The van der Waals surface area contributed by atoms with Crippen molar-refractivity contribution in [3.05, 3.63) is 22.8 Å². The zero-order chi connectivity index (χ0) is 23.0. The number of hydrogen-bond acceptors (Lipinski definition) is 4. The Morgan fingerprint density at radius 1 is 1.21 bits per heavy atom. The minimum atomic E-state index is 0.0182. The molecule has 6 aliphatic rings. The molecule has 4 fully saturated rings. The Bertz CT molecular complexity index is 890. The van der Waals surface area contributed by atoms with Gasteiger partial charge in [0.05, 0.1) is 11.7 Å². The predicted octanol–water partition coefficient (Wildman–Crippen LogP) is 5.03. The number of nitrogens with zero attached hydrogens (tertiary/aromatic N) is 1. The summed E-state index contributed by atoms with van der Waals surface area (Å²) in [7, 11) is 0. The van der Waals surface area contributed by atoms with Gasteiger partial charge in [0, 0.05) is 31.5 Å². The lowest BCUT2D eigenvalue weighted by Crippen LogP contribution is -2.51. The normalized spacial score (nSPS) is 47.6. The van der Waals surface area contributed by atoms with E-state index in [4.69, 9.17) is 10.5 Å². The number of allylic oxidation sites excluding steroid dienone is 3. The lowest BCUT2D eigenvalue weighted by molar-refractivity contribution is -0.116. The number of carbonyl (C=O) groups excluding carboxylic acids is 1. The average Bonchev–Trinajstić information content (AvgIpc) is 3.26. The summed E-state index contributed by atoms with van der Waals surface area (Å²) >= 11 is 0. The van der Waals surface area contributed by atoms with Gasteiger partial charge in [0.1, 0.15) is 0 Å². The molecule has 0 amide bonds. The SMILES string of the molecule is CC1=C2C[C@H]3C(CCC4=CC(=O)CC[C@@]43C)[C@@H]2CC[C@@]2(C1)OC1CCCN(CCN)[C@H]1[C@H]2C. The Labute approximate surface area is 200 Å². The molecule has 0 aromatic rings. The molecule has 4 nitrogen and oxygen atoms in total. The van der Waals surface area contributed by atoms with Crippen molar-refractivity contribution >= 4 is 5.78 Å². The zero-order valence-electron chi connectivity index (χ0n) is 21.1. The minimum Gasteiger partial charge on any atom is -0.369 e. The third-order valence-electron chi connectivity index (χ3n) is 11.3. The van der Waals surface area contributed by atoms with E-state index in [-0.39, 0.29) is 11.0 Å². The van der Waals surface area contributed by atoms with Gasteiger partial charge in [-0.05, 0) is 101 Å². The fourth-order valence-electron chi connectivity index (χ4n) is 9.64. The highest BCUT2D eigenvalue weighted by Crippen LogP contribution is 2.64. The molecule has 1 spiro atoms. The molecule has 2 aliphatic heterocycles. The number of carbonyl (C=O) groups is 1. The molecule has 2 saturated carbocycles. The van der Waals surface area contributed by atoms with E-state index in [1.165, 1.54) is 50.6 Å². The number of ketones is 1. The van der Waals surface area contributed by atoms with Crippen LogP contribution < -0.4 is 5.73 Å². The molecule has 4 heteroatoms. The van der Waals surface area contributed by atoms with Gasteiger partial charge in [-0.3, -0.25) is 9.69 Å². The van der Waals surface area contributed by atoms with Crippen LogP contribution in [0.2, 0.25) is 0 Å². The van der Waals surface area contributed by atoms with Gasteiger partial charge in [0.15, 0.2) is 5.78 Å². The van der Waals surface area contributed by atoms with Crippen molar-refractivity contribution in [2.45, 2.75) is 103 Å². The molecular weight excluding hydrogens is 408 g/mol. The quantitative estimate of drug-likeness (QED) is 0.598. The van der Waals surface area contributed by atoms with E-state index in [9.17, 15) is 4.79 Å². The molecule has 2 unspecified atom stereocenters. The predicted molar refractivity (Wildman–Crippen MR) is 132 cm³/mol. The first-order valence-corrected chi connectivity index (χ1v) is 13.9. The maximum absolute atomic E-state index is 12.1. The van der Waals surface area contributed by atoms with E-state index < -0.39 is 0 Å². The standard InChI is InChI=1S/C29H44N2O2/c1-18-17-29(19(2)27-26(33-29)5-4-13-31(27)14-12-30)11-9-22-23-7-6-20-15-21(32)8-10-28(20,3)25(23)16-24(18)22/h15,19,22-23,25-27H,4-14,16-17,30H2,1-3H3/t19-,22+,23?,25+,26?,27+,28+,29+/m1/s1. The number of rotatable bonds is 2. The summed E-state index contributed by atoms with van der Waals surface area (Å²) in [5, 5.41) is 0. The second kappa shape index (κ2) is 8.03. The fourth-order valence-corrected chi connectivity index (χ4v) is 9.64. The molecular formula is C29H44N2O2. The topological polar surface area (TPSA) is 55.6 Å². The van der Waals surface area contributed by atoms with Crippen molar-refractivity contribution in [1.82, 2.24) is 4.90 Å². The van der Waals surface area contributed by atoms with Crippen LogP contribution in [-0.2, 0) is 9.53 Å². The first-order chi connectivity index (χ1) is 15.9. The average molecular weight is 453 g/mol. The van der Waals surface area contributed by atoms with Gasteiger partial charge in [-0.2, -0.15) is 0 Å². The number of fused-ring (bicyclic) bond motifs is 6. The Morgan fingerprint density at radius 3 is 2.88 bits per heavy atom. The van der Waals surface area contributed by atoms with Crippen LogP contribution in [0.15, 0.2) is 22.8 Å². The maximum Gasteiger partial charge on any atom is 0.155 e. The molecule has 33 heavy (non-hydrogen) atoms. The number of ether oxygens (including phenoxy) is 1. The molecule has 2 saturated heterocycles. The summed E-state index contributed by atoms with van der Waals surface area (Å²) in [6.07, 6.45) is 14.0. The van der Waals surface area contributed by atoms with Crippen LogP contribution in [-0.4, -0.2) is 48.1 Å². The highest BCUT2D eigenvalue weighted by molar-refractivity contribution is 5.91. The highest BCUT2D eigenvalue weighted by atomic mass is 16.5. The third-order valence-corrected chi connectivity index (χ3v) is 11.3. The van der Waals surface area contributed by atoms with Crippen LogP contribution in [0.3, 0.4) is 0 Å². The van der Waals surface area contributed by atoms with Crippen LogP contribution in [0.1, 0.15) is 85.0 Å². The van der Waals surface area contributed by atoms with E-state index >= 15 is 0 Å². The van der Waals surface area contributed by atoms with Gasteiger partial charge in [-0.25, -0.2) is 0 Å². The summed E-state index contributed by atoms with van der Waals surface area (Å²) in [6.45, 7) is 10.4. The van der Waals surface area contributed by atoms with E-state index in [0.29, 0.717) is 23.8 Å². The number of hydrogen-bond donors (Lipinski definition) is 1. The Hall–Kier alpha value is -0.970. The minimum absolute atomic E-state index is 0.0182. The fraction of sp³-hybridized carbons (Fsp3) is 0.828. The molecule has 2 heterocycles. The largest absolute Gasteiger partial charge is 0.369 e. The molecule has 4 aliphatic carbocycles. The number of likely N-dealkylation sites (tertiary alicyclic amines) is 1. The molecule has 0 aromatic heterocycles. The second-order valence-corrected chi connectivity index (χ2v) is 12.7. The summed E-state index contributed by atoms with van der Waals surface area (Å²) in [5.74, 6) is 3.21. The summed E-state index contributed by atoms with van der Waals surface area (Å²) in [6, 6.07) is 0.548. The summed E-state index contributed by atoms with van der Waals surface area (Å²) in [5.41, 5.74) is 11.2. The first-order valence-electron chi connectivity index (χ1n) is 13.9. The van der Waals surface area contributed by atoms with Crippen LogP contribution in [0.25, 0.3) is 0 Å². The summed E-state index contributed by atoms with van der Waals surface area (Å²) < 4.78 is 7.09. The van der Waals surface area contributed by atoms with Gasteiger partial charge >= 0.3 is 0 Å². The van der Waals surface area contributed by atoms with Crippen molar-refractivity contribution < 1.29 is 9.53 Å². The van der Waals surface area contributed by atoms with E-state index in [2.05, 4.69) is 25.7 Å². The van der Waals surface area contributed by atoms with Crippen LogP contribution in [0, 0.1) is 29.1 Å². The van der Waals surface area contributed by atoms with Crippen molar-refractivity contribution in [2.24, 2.45) is 34.8 Å². The van der Waals surface area contributed by atoms with Crippen LogP contribution in [0.4, 0.5) is 0 Å². The van der Waals surface area contributed by atoms with E-state index in [1.807, 2.05) is 6.08 Å². The monoisotopic (exact) mass is 452 g/mol. The van der Waals surface area contributed by atoms with Crippen molar-refractivity contribution in [2.75, 3.05) is 19.6 Å². The first kappa shape index (κ1) is 22.5. The van der Waals surface area contributed by atoms with Crippen molar-refractivity contribution in [3.8, 4) is 0 Å². The van der Waals surface area contributed by atoms with Crippen molar-refractivity contribution in [1.29, 1.82) is 0 Å². The molecule has 8 atom stereocenters. The van der Waals surface area contributed by atoms with Gasteiger partial charge in [-0.15, -0.1) is 0 Å². The second-order valence-electron chi connectivity index (χ2n) is 12.7. The molecule has 0 aromatic carbocycles. The smallest absolute Gasteiger partial charge is 0.155 e. The Morgan fingerprint density at radius 2 is 2.06 bits per heavy atom.